The molecule has 1 aliphatic rings. The topological polar surface area (TPSA) is 56.3 Å². The van der Waals surface area contributed by atoms with E-state index in [0.717, 1.165) is 54.8 Å². The van der Waals surface area contributed by atoms with Crippen molar-refractivity contribution in [2.75, 3.05) is 20.1 Å². The van der Waals surface area contributed by atoms with E-state index in [1.807, 2.05) is 39.1 Å². The van der Waals surface area contributed by atoms with Gasteiger partial charge in [-0.3, -0.25) is 0 Å². The van der Waals surface area contributed by atoms with Gasteiger partial charge in [-0.05, 0) is 57.5 Å². The molecule has 7 heteroatoms. The van der Waals surface area contributed by atoms with Gasteiger partial charge in [-0.15, -0.1) is 0 Å². The smallest absolute Gasteiger partial charge is 0.416 e. The van der Waals surface area contributed by atoms with Gasteiger partial charge in [0, 0.05) is 42.4 Å². The Morgan fingerprint density at radius 2 is 2.00 bits per heavy atom. The van der Waals surface area contributed by atoms with Gasteiger partial charge in [0.2, 0.25) is 0 Å². The molecule has 4 N–H and O–H groups in total. The van der Waals surface area contributed by atoms with Crippen LogP contribution >= 0.6 is 0 Å². The fourth-order valence-corrected chi connectivity index (χ4v) is 3.71. The standard InChI is InChI=1S/C26H36F3N3O/c1-6-17(3)9-8-10-21-18(4)23(32-20(7-2)16-30-5)13-14-31-25(21)22-12-11-19(15-24(22)33)26(27,28)29/h8-12,15,20,30-33H,6-7,13-14,16H2,1-5H3/b10-8-,17-9+. The van der Waals surface area contributed by atoms with Gasteiger partial charge in [0.15, 0.2) is 0 Å². The van der Waals surface area contributed by atoms with Crippen molar-refractivity contribution in [3.63, 3.8) is 0 Å². The number of halogens is 3. The Morgan fingerprint density at radius 3 is 2.58 bits per heavy atom. The third kappa shape index (κ3) is 7.16. The summed E-state index contributed by atoms with van der Waals surface area (Å²) in [6, 6.07) is 3.39. The Morgan fingerprint density at radius 1 is 1.27 bits per heavy atom. The van der Waals surface area contributed by atoms with Crippen molar-refractivity contribution in [1.29, 1.82) is 0 Å². The molecule has 0 saturated carbocycles. The molecule has 0 fully saturated rings. The van der Waals surface area contributed by atoms with E-state index >= 15 is 0 Å². The lowest BCUT2D eigenvalue weighted by atomic mass is 9.97. The van der Waals surface area contributed by atoms with Crippen LogP contribution in [0.1, 0.15) is 58.1 Å². The lowest BCUT2D eigenvalue weighted by molar-refractivity contribution is -0.137. The maximum absolute atomic E-state index is 13.1. The summed E-state index contributed by atoms with van der Waals surface area (Å²) in [6.45, 7) is 9.68. The minimum absolute atomic E-state index is 0.258. The van der Waals surface area contributed by atoms with Gasteiger partial charge in [0.05, 0.1) is 11.3 Å². The van der Waals surface area contributed by atoms with Crippen LogP contribution in [0.3, 0.4) is 0 Å². The fourth-order valence-electron chi connectivity index (χ4n) is 3.71. The molecule has 0 aromatic heterocycles. The van der Waals surface area contributed by atoms with Crippen LogP contribution in [0.4, 0.5) is 13.2 Å². The monoisotopic (exact) mass is 463 g/mol. The van der Waals surface area contributed by atoms with E-state index in [2.05, 4.69) is 29.8 Å². The number of allylic oxidation sites excluding steroid dienone is 6. The van der Waals surface area contributed by atoms with E-state index in [0.29, 0.717) is 17.8 Å². The SMILES string of the molecule is CC/C(C)=C/C=C\C1=C(c2ccc(C(F)(F)F)cc2O)NCCC(NC(CC)CNC)=C1C. The van der Waals surface area contributed by atoms with Crippen molar-refractivity contribution in [3.05, 3.63) is 70.0 Å². The van der Waals surface area contributed by atoms with Crippen LogP contribution in [0.25, 0.3) is 5.70 Å². The van der Waals surface area contributed by atoms with Crippen molar-refractivity contribution in [3.8, 4) is 5.75 Å². The number of phenols is 1. The van der Waals surface area contributed by atoms with Gasteiger partial charge in [0.25, 0.3) is 0 Å². The summed E-state index contributed by atoms with van der Waals surface area (Å²) in [5.41, 5.74) is 4.24. The van der Waals surface area contributed by atoms with E-state index in [4.69, 9.17) is 0 Å². The number of hydrogen-bond acceptors (Lipinski definition) is 4. The Hall–Kier alpha value is -2.67. The second-order valence-electron chi connectivity index (χ2n) is 8.33. The Balaban J connectivity index is 2.63. The van der Waals surface area contributed by atoms with Gasteiger partial charge >= 0.3 is 6.18 Å². The summed E-state index contributed by atoms with van der Waals surface area (Å²) in [6.07, 6.45) is 4.04. The average Bonchev–Trinajstić information content (AvgIpc) is 2.91. The molecule has 2 rings (SSSR count). The largest absolute Gasteiger partial charge is 0.507 e. The molecule has 1 atom stereocenters. The molecule has 1 aromatic rings. The van der Waals surface area contributed by atoms with Gasteiger partial charge in [-0.25, -0.2) is 0 Å². The van der Waals surface area contributed by atoms with Gasteiger partial charge < -0.3 is 21.1 Å². The first kappa shape index (κ1) is 26.6. The molecule has 0 spiro atoms. The number of phenolic OH excluding ortho intramolecular Hbond substituents is 1. The fraction of sp³-hybridized carbons (Fsp3) is 0.462. The highest BCUT2D eigenvalue weighted by molar-refractivity contribution is 5.78. The molecule has 1 heterocycles. The maximum Gasteiger partial charge on any atom is 0.416 e. The minimum Gasteiger partial charge on any atom is -0.507 e. The third-order valence-electron chi connectivity index (χ3n) is 5.92. The molecule has 1 unspecified atom stereocenters. The van der Waals surface area contributed by atoms with Crippen molar-refractivity contribution >= 4 is 5.70 Å². The van der Waals surface area contributed by atoms with Crippen LogP contribution in [0, 0.1) is 0 Å². The van der Waals surface area contributed by atoms with Crippen LogP contribution in [0.2, 0.25) is 0 Å². The number of nitrogens with one attached hydrogen (secondary N) is 3. The van der Waals surface area contributed by atoms with Gasteiger partial charge in [-0.1, -0.05) is 37.6 Å². The first-order valence-electron chi connectivity index (χ1n) is 11.5. The van der Waals surface area contributed by atoms with Gasteiger partial charge in [-0.2, -0.15) is 13.2 Å². The van der Waals surface area contributed by atoms with Crippen molar-refractivity contribution in [1.82, 2.24) is 16.0 Å². The lowest BCUT2D eigenvalue weighted by Crippen LogP contribution is -2.37. The number of hydrogen-bond donors (Lipinski definition) is 4. The summed E-state index contributed by atoms with van der Waals surface area (Å²) < 4.78 is 39.3. The highest BCUT2D eigenvalue weighted by Gasteiger charge is 2.31. The number of likely N-dealkylation sites (N-methyl/N-ethyl adjacent to an activating group) is 1. The van der Waals surface area contributed by atoms with E-state index in [-0.39, 0.29) is 6.04 Å². The van der Waals surface area contributed by atoms with Crippen molar-refractivity contribution in [2.24, 2.45) is 0 Å². The molecule has 1 aromatic carbocycles. The number of rotatable bonds is 9. The zero-order valence-corrected chi connectivity index (χ0v) is 20.2. The summed E-state index contributed by atoms with van der Waals surface area (Å²) in [4.78, 5) is 0. The highest BCUT2D eigenvalue weighted by Crippen LogP contribution is 2.37. The zero-order chi connectivity index (χ0) is 24.6. The minimum atomic E-state index is -4.51. The van der Waals surface area contributed by atoms with E-state index in [9.17, 15) is 18.3 Å². The highest BCUT2D eigenvalue weighted by atomic mass is 19.4. The second kappa shape index (κ2) is 12.0. The predicted octanol–water partition coefficient (Wildman–Crippen LogP) is 5.89. The number of alkyl halides is 3. The summed E-state index contributed by atoms with van der Waals surface area (Å²) in [5, 5.41) is 20.7. The number of benzene rings is 1. The molecular weight excluding hydrogens is 427 g/mol. The Kier molecular flexibility index (Phi) is 9.65. The van der Waals surface area contributed by atoms with E-state index in [1.54, 1.807) is 0 Å². The Labute approximate surface area is 195 Å². The molecule has 0 aliphatic carbocycles. The number of aromatic hydroxyl groups is 1. The molecule has 0 saturated heterocycles. The van der Waals surface area contributed by atoms with Crippen molar-refractivity contribution in [2.45, 2.75) is 59.2 Å². The summed E-state index contributed by atoms with van der Waals surface area (Å²) in [5.74, 6) is -0.399. The second-order valence-corrected chi connectivity index (χ2v) is 8.33. The zero-order valence-electron chi connectivity index (χ0n) is 20.2. The van der Waals surface area contributed by atoms with Gasteiger partial charge in [0.1, 0.15) is 5.75 Å². The third-order valence-corrected chi connectivity index (χ3v) is 5.92. The molecule has 182 valence electrons. The van der Waals surface area contributed by atoms with E-state index < -0.39 is 17.5 Å². The molecule has 0 bridgehead atoms. The van der Waals surface area contributed by atoms with Crippen LogP contribution in [-0.4, -0.2) is 31.3 Å². The molecule has 1 aliphatic heterocycles. The molecule has 33 heavy (non-hydrogen) atoms. The van der Waals surface area contributed by atoms with Crippen LogP contribution in [0.5, 0.6) is 5.75 Å². The van der Waals surface area contributed by atoms with Crippen molar-refractivity contribution < 1.29 is 18.3 Å². The normalized spacial score (nSPS) is 16.8. The van der Waals surface area contributed by atoms with Crippen LogP contribution in [-0.2, 0) is 6.18 Å². The molecule has 0 radical (unpaired) electrons. The first-order valence-corrected chi connectivity index (χ1v) is 11.5. The molecular formula is C26H36F3N3O. The average molecular weight is 464 g/mol. The lowest BCUT2D eigenvalue weighted by Gasteiger charge is -2.22. The van der Waals surface area contributed by atoms with Crippen LogP contribution in [0.15, 0.2) is 58.8 Å². The Bertz CT molecular complexity index is 943. The first-order chi connectivity index (χ1) is 15.6. The molecule has 4 nitrogen and oxygen atoms in total. The van der Waals surface area contributed by atoms with E-state index in [1.165, 1.54) is 11.6 Å². The maximum atomic E-state index is 13.1. The summed E-state index contributed by atoms with van der Waals surface area (Å²) >= 11 is 0. The van der Waals surface area contributed by atoms with Crippen LogP contribution < -0.4 is 16.0 Å². The summed E-state index contributed by atoms with van der Waals surface area (Å²) in [7, 11) is 1.92. The quantitative estimate of drug-likeness (QED) is 0.345. The predicted molar refractivity (Wildman–Crippen MR) is 130 cm³/mol. The molecule has 0 amide bonds.